The molecule has 0 unspecified atom stereocenters. The van der Waals surface area contributed by atoms with Crippen molar-refractivity contribution in [2.24, 2.45) is 0 Å². The van der Waals surface area contributed by atoms with Gasteiger partial charge in [-0.2, -0.15) is 13.2 Å². The summed E-state index contributed by atoms with van der Waals surface area (Å²) in [5.41, 5.74) is -1.65. The normalized spacial score (nSPS) is 12.2. The van der Waals surface area contributed by atoms with Crippen LogP contribution in [0, 0.1) is 5.82 Å². The number of nitrogens with one attached hydrogen (secondary N) is 1. The fraction of sp³-hybridized carbons (Fsp3) is 0.143. The molecule has 0 fully saturated rings. The van der Waals surface area contributed by atoms with Crippen LogP contribution in [-0.2, 0) is 22.0 Å². The largest absolute Gasteiger partial charge is 0.418 e. The maximum atomic E-state index is 13.0. The lowest BCUT2D eigenvalue weighted by Crippen LogP contribution is -2.18. The summed E-state index contributed by atoms with van der Waals surface area (Å²) in [6.45, 7) is 0. The molecule has 2 aromatic carbocycles. The lowest BCUT2D eigenvalue weighted by Gasteiger charge is -2.15. The molecule has 0 heterocycles. The van der Waals surface area contributed by atoms with Crippen LogP contribution in [0.15, 0.2) is 48.5 Å². The van der Waals surface area contributed by atoms with Gasteiger partial charge in [0.25, 0.3) is 0 Å². The number of benzene rings is 2. The molecule has 0 radical (unpaired) electrons. The number of halogens is 4. The summed E-state index contributed by atoms with van der Waals surface area (Å²) < 4.78 is 77.2. The van der Waals surface area contributed by atoms with Crippen LogP contribution in [0.3, 0.4) is 0 Å². The van der Waals surface area contributed by atoms with E-state index in [4.69, 9.17) is 0 Å². The van der Waals surface area contributed by atoms with Crippen molar-refractivity contribution in [3.05, 3.63) is 65.5 Å². The molecule has 0 saturated carbocycles. The van der Waals surface area contributed by atoms with Crippen LogP contribution in [0.1, 0.15) is 11.1 Å². The Morgan fingerprint density at radius 1 is 1.00 bits per heavy atom. The fourth-order valence-electron chi connectivity index (χ4n) is 1.84. The van der Waals surface area contributed by atoms with E-state index in [1.807, 2.05) is 4.72 Å². The lowest BCUT2D eigenvalue weighted by molar-refractivity contribution is -0.137. The van der Waals surface area contributed by atoms with Crippen molar-refractivity contribution < 1.29 is 26.0 Å². The van der Waals surface area contributed by atoms with Crippen molar-refractivity contribution >= 4 is 15.7 Å². The van der Waals surface area contributed by atoms with E-state index in [0.717, 1.165) is 12.1 Å². The maximum absolute atomic E-state index is 13.0. The number of rotatable bonds is 4. The van der Waals surface area contributed by atoms with Gasteiger partial charge >= 0.3 is 6.18 Å². The predicted octanol–water partition coefficient (Wildman–Crippen LogP) is 3.79. The average Bonchev–Trinajstić information content (AvgIpc) is 2.40. The van der Waals surface area contributed by atoms with E-state index >= 15 is 0 Å². The van der Waals surface area contributed by atoms with Crippen molar-refractivity contribution in [1.82, 2.24) is 0 Å². The van der Waals surface area contributed by atoms with E-state index in [0.29, 0.717) is 5.56 Å². The molecular formula is C14H11F4NO2S. The SMILES string of the molecule is O=S(=O)(Cc1ccccc1)Nc1ccc(F)cc1C(F)(F)F. The highest BCUT2D eigenvalue weighted by Crippen LogP contribution is 2.35. The van der Waals surface area contributed by atoms with Crippen LogP contribution in [0.4, 0.5) is 23.2 Å². The first-order valence-corrected chi connectivity index (χ1v) is 7.74. The molecule has 22 heavy (non-hydrogen) atoms. The van der Waals surface area contributed by atoms with E-state index in [9.17, 15) is 26.0 Å². The van der Waals surface area contributed by atoms with Crippen LogP contribution in [0.2, 0.25) is 0 Å². The summed E-state index contributed by atoms with van der Waals surface area (Å²) >= 11 is 0. The Morgan fingerprint density at radius 2 is 1.64 bits per heavy atom. The fourth-order valence-corrected chi connectivity index (χ4v) is 3.05. The zero-order valence-electron chi connectivity index (χ0n) is 11.1. The number of alkyl halides is 3. The van der Waals surface area contributed by atoms with Crippen molar-refractivity contribution in [2.75, 3.05) is 4.72 Å². The molecular weight excluding hydrogens is 322 g/mol. The van der Waals surface area contributed by atoms with Gasteiger partial charge in [0.15, 0.2) is 0 Å². The van der Waals surface area contributed by atoms with Crippen LogP contribution >= 0.6 is 0 Å². The van der Waals surface area contributed by atoms with Gasteiger partial charge in [0, 0.05) is 0 Å². The van der Waals surface area contributed by atoms with Gasteiger partial charge in [-0.05, 0) is 23.8 Å². The van der Waals surface area contributed by atoms with Gasteiger partial charge in [-0.25, -0.2) is 12.8 Å². The molecule has 0 aromatic heterocycles. The molecule has 2 rings (SSSR count). The molecule has 0 aliphatic heterocycles. The molecule has 0 spiro atoms. The van der Waals surface area contributed by atoms with E-state index in [-0.39, 0.29) is 6.07 Å². The summed E-state index contributed by atoms with van der Waals surface area (Å²) in [5, 5.41) is 0. The zero-order valence-corrected chi connectivity index (χ0v) is 11.9. The molecule has 118 valence electrons. The minimum atomic E-state index is -4.87. The summed E-state index contributed by atoms with van der Waals surface area (Å²) in [4.78, 5) is 0. The highest BCUT2D eigenvalue weighted by molar-refractivity contribution is 7.91. The van der Waals surface area contributed by atoms with Gasteiger partial charge in [-0.15, -0.1) is 0 Å². The predicted molar refractivity (Wildman–Crippen MR) is 74.1 cm³/mol. The summed E-state index contributed by atoms with van der Waals surface area (Å²) in [5.74, 6) is -1.58. The first-order chi connectivity index (χ1) is 10.2. The summed E-state index contributed by atoms with van der Waals surface area (Å²) in [7, 11) is -4.06. The number of hydrogen-bond donors (Lipinski definition) is 1. The van der Waals surface area contributed by atoms with E-state index in [1.165, 1.54) is 12.1 Å². The average molecular weight is 333 g/mol. The quantitative estimate of drug-likeness (QED) is 0.866. The molecule has 1 N–H and O–H groups in total. The van der Waals surface area contributed by atoms with Gasteiger partial charge in [0.1, 0.15) is 5.82 Å². The van der Waals surface area contributed by atoms with Gasteiger partial charge in [0.2, 0.25) is 10.0 Å². The van der Waals surface area contributed by atoms with Crippen LogP contribution in [-0.4, -0.2) is 8.42 Å². The molecule has 3 nitrogen and oxygen atoms in total. The molecule has 0 aliphatic rings. The van der Waals surface area contributed by atoms with E-state index in [2.05, 4.69) is 0 Å². The molecule has 0 amide bonds. The van der Waals surface area contributed by atoms with Gasteiger partial charge in [0.05, 0.1) is 17.0 Å². The second-order valence-electron chi connectivity index (χ2n) is 4.53. The van der Waals surface area contributed by atoms with Gasteiger partial charge < -0.3 is 0 Å². The Labute approximate surface area is 124 Å². The highest BCUT2D eigenvalue weighted by Gasteiger charge is 2.35. The van der Waals surface area contributed by atoms with Crippen LogP contribution < -0.4 is 4.72 Å². The minimum Gasteiger partial charge on any atom is -0.283 e. The third kappa shape index (κ3) is 4.20. The molecule has 0 aliphatic carbocycles. The number of anilines is 1. The minimum absolute atomic E-state index is 0.250. The third-order valence-corrected chi connectivity index (χ3v) is 4.00. The number of hydrogen-bond acceptors (Lipinski definition) is 2. The Hall–Kier alpha value is -2.09. The molecule has 0 atom stereocenters. The Morgan fingerprint density at radius 3 is 2.23 bits per heavy atom. The first-order valence-electron chi connectivity index (χ1n) is 6.08. The Bertz CT molecular complexity index is 758. The zero-order chi connectivity index (χ0) is 16.4. The number of sulfonamides is 1. The maximum Gasteiger partial charge on any atom is 0.418 e. The molecule has 8 heteroatoms. The van der Waals surface area contributed by atoms with Crippen molar-refractivity contribution in [2.45, 2.75) is 11.9 Å². The molecule has 0 bridgehead atoms. The van der Waals surface area contributed by atoms with Gasteiger partial charge in [-0.1, -0.05) is 30.3 Å². The molecule has 2 aromatic rings. The first kappa shape index (κ1) is 16.3. The summed E-state index contributed by atoms with van der Waals surface area (Å²) in [6, 6.07) is 9.75. The lowest BCUT2D eigenvalue weighted by atomic mass is 10.2. The van der Waals surface area contributed by atoms with Crippen molar-refractivity contribution in [1.29, 1.82) is 0 Å². The van der Waals surface area contributed by atoms with Crippen molar-refractivity contribution in [3.63, 3.8) is 0 Å². The highest BCUT2D eigenvalue weighted by atomic mass is 32.2. The Kier molecular flexibility index (Phi) is 4.41. The van der Waals surface area contributed by atoms with Gasteiger partial charge in [-0.3, -0.25) is 4.72 Å². The monoisotopic (exact) mass is 333 g/mol. The third-order valence-electron chi connectivity index (χ3n) is 2.75. The Balaban J connectivity index is 2.30. The van der Waals surface area contributed by atoms with E-state index < -0.39 is 39.0 Å². The molecule has 0 saturated heterocycles. The van der Waals surface area contributed by atoms with Crippen LogP contribution in [0.25, 0.3) is 0 Å². The van der Waals surface area contributed by atoms with E-state index in [1.54, 1.807) is 18.2 Å². The second-order valence-corrected chi connectivity index (χ2v) is 6.26. The summed E-state index contributed by atoms with van der Waals surface area (Å²) in [6.07, 6.45) is -4.87. The van der Waals surface area contributed by atoms with Crippen molar-refractivity contribution in [3.8, 4) is 0 Å². The smallest absolute Gasteiger partial charge is 0.283 e. The topological polar surface area (TPSA) is 46.2 Å². The standard InChI is InChI=1S/C14H11F4NO2S/c15-11-6-7-13(12(8-11)14(16,17)18)19-22(20,21)9-10-4-2-1-3-5-10/h1-8,19H,9H2. The second kappa shape index (κ2) is 5.96. The van der Waals surface area contributed by atoms with Crippen LogP contribution in [0.5, 0.6) is 0 Å².